The molecule has 0 radical (unpaired) electrons. The Hall–Kier alpha value is -2.63. The third-order valence-electron chi connectivity index (χ3n) is 3.26. The van der Waals surface area contributed by atoms with Crippen molar-refractivity contribution in [1.82, 2.24) is 0 Å². The molecule has 0 saturated heterocycles. The minimum atomic E-state index is -4.76. The predicted octanol–water partition coefficient (Wildman–Crippen LogP) is 4.62. The van der Waals surface area contributed by atoms with Crippen molar-refractivity contribution in [2.75, 3.05) is 0 Å². The molecule has 0 unspecified atom stereocenters. The van der Waals surface area contributed by atoms with E-state index >= 15 is 0 Å². The summed E-state index contributed by atoms with van der Waals surface area (Å²) in [4.78, 5) is 11.8. The van der Waals surface area contributed by atoms with Gasteiger partial charge in [-0.1, -0.05) is 18.2 Å². The summed E-state index contributed by atoms with van der Waals surface area (Å²) >= 11 is 0. The maximum absolute atomic E-state index is 12.9. The second-order valence-electron chi connectivity index (χ2n) is 4.69. The van der Waals surface area contributed by atoms with E-state index in [-0.39, 0.29) is 11.0 Å². The number of hydrogen-bond acceptors (Lipinski definition) is 2. The molecule has 0 fully saturated rings. The van der Waals surface area contributed by atoms with Crippen LogP contribution in [0.25, 0.3) is 22.1 Å². The second kappa shape index (κ2) is 4.98. The molecule has 0 spiro atoms. The van der Waals surface area contributed by atoms with E-state index in [1.165, 1.54) is 42.5 Å². The fourth-order valence-electron chi connectivity index (χ4n) is 2.15. The topological polar surface area (TPSA) is 30.2 Å². The number of fused-ring (bicyclic) bond motifs is 1. The molecule has 3 aromatic rings. The van der Waals surface area contributed by atoms with Crippen LogP contribution >= 0.6 is 0 Å². The Morgan fingerprint density at radius 3 is 2.18 bits per heavy atom. The summed E-state index contributed by atoms with van der Waals surface area (Å²) in [5.74, 6) is -0.397. The molecule has 0 bridgehead atoms. The first-order chi connectivity index (χ1) is 10.4. The van der Waals surface area contributed by atoms with Gasteiger partial charge in [0.1, 0.15) is 23.2 Å². The summed E-state index contributed by atoms with van der Waals surface area (Å²) in [5, 5.41) is -0.152. The van der Waals surface area contributed by atoms with Gasteiger partial charge in [-0.25, -0.2) is 4.39 Å². The van der Waals surface area contributed by atoms with Crippen molar-refractivity contribution in [2.24, 2.45) is 0 Å². The molecule has 1 heterocycles. The largest absolute Gasteiger partial charge is 0.463 e. The first-order valence-corrected chi connectivity index (χ1v) is 6.25. The van der Waals surface area contributed by atoms with Gasteiger partial charge in [0.15, 0.2) is 0 Å². The third kappa shape index (κ3) is 2.47. The van der Waals surface area contributed by atoms with Crippen molar-refractivity contribution in [3.8, 4) is 11.1 Å². The Kier molecular flexibility index (Phi) is 3.24. The number of hydrogen-bond donors (Lipinski definition) is 0. The molecule has 0 aliphatic heterocycles. The molecule has 22 heavy (non-hydrogen) atoms. The van der Waals surface area contributed by atoms with Crippen molar-refractivity contribution >= 4 is 11.0 Å². The molecule has 3 rings (SSSR count). The van der Waals surface area contributed by atoms with Crippen molar-refractivity contribution in [2.45, 2.75) is 6.18 Å². The molecule has 0 saturated carbocycles. The molecule has 1 aromatic heterocycles. The van der Waals surface area contributed by atoms with E-state index in [0.29, 0.717) is 17.4 Å². The number of halogens is 4. The highest BCUT2D eigenvalue weighted by molar-refractivity contribution is 5.83. The SMILES string of the molecule is O=c1c(C(F)(F)F)coc2cc(-c3ccc(F)cc3)ccc12. The number of benzene rings is 2. The van der Waals surface area contributed by atoms with Gasteiger partial charge >= 0.3 is 6.18 Å². The van der Waals surface area contributed by atoms with Gasteiger partial charge in [-0.2, -0.15) is 13.2 Å². The zero-order valence-corrected chi connectivity index (χ0v) is 10.9. The molecule has 0 amide bonds. The fourth-order valence-corrected chi connectivity index (χ4v) is 2.15. The molecule has 0 aliphatic carbocycles. The first-order valence-electron chi connectivity index (χ1n) is 6.25. The summed E-state index contributed by atoms with van der Waals surface area (Å²) in [5.41, 5.74) is -1.16. The Bertz CT molecular complexity index is 893. The average molecular weight is 308 g/mol. The van der Waals surface area contributed by atoms with Crippen molar-refractivity contribution in [3.63, 3.8) is 0 Å². The summed E-state index contributed by atoms with van der Waals surface area (Å²) in [7, 11) is 0. The van der Waals surface area contributed by atoms with Gasteiger partial charge in [-0.05, 0) is 35.4 Å². The van der Waals surface area contributed by atoms with Gasteiger partial charge < -0.3 is 4.42 Å². The van der Waals surface area contributed by atoms with Gasteiger partial charge in [0.05, 0.1) is 5.39 Å². The van der Waals surface area contributed by atoms with Crippen LogP contribution in [0.3, 0.4) is 0 Å². The maximum atomic E-state index is 12.9. The summed E-state index contributed by atoms with van der Waals surface area (Å²) < 4.78 is 55.8. The molecular formula is C16H8F4O2. The summed E-state index contributed by atoms with van der Waals surface area (Å²) in [6.07, 6.45) is -4.34. The lowest BCUT2D eigenvalue weighted by Crippen LogP contribution is -2.18. The molecular weight excluding hydrogens is 300 g/mol. The molecule has 2 aromatic carbocycles. The maximum Gasteiger partial charge on any atom is 0.423 e. The summed E-state index contributed by atoms with van der Waals surface area (Å²) in [6.45, 7) is 0. The number of rotatable bonds is 1. The van der Waals surface area contributed by atoms with Crippen LogP contribution in [0, 0.1) is 5.82 Å². The minimum Gasteiger partial charge on any atom is -0.463 e. The van der Waals surface area contributed by atoms with Crippen LogP contribution in [0.4, 0.5) is 17.6 Å². The molecule has 0 atom stereocenters. The smallest absolute Gasteiger partial charge is 0.423 e. The monoisotopic (exact) mass is 308 g/mol. The summed E-state index contributed by atoms with van der Waals surface area (Å²) in [6, 6.07) is 9.80. The highest BCUT2D eigenvalue weighted by atomic mass is 19.4. The normalized spacial score (nSPS) is 11.8. The van der Waals surface area contributed by atoms with Crippen LogP contribution in [-0.2, 0) is 6.18 Å². The van der Waals surface area contributed by atoms with Gasteiger partial charge in [-0.15, -0.1) is 0 Å². The molecule has 0 N–H and O–H groups in total. The van der Waals surface area contributed by atoms with E-state index in [1.807, 2.05) is 0 Å². The van der Waals surface area contributed by atoms with E-state index in [1.54, 1.807) is 0 Å². The van der Waals surface area contributed by atoms with Crippen LogP contribution in [0.5, 0.6) is 0 Å². The van der Waals surface area contributed by atoms with Crippen molar-refractivity contribution in [3.05, 3.63) is 70.3 Å². The van der Waals surface area contributed by atoms with Crippen LogP contribution in [0.2, 0.25) is 0 Å². The Labute approximate surface area is 121 Å². The minimum absolute atomic E-state index is 0.0415. The number of alkyl halides is 3. The van der Waals surface area contributed by atoms with E-state index in [2.05, 4.69) is 0 Å². The Morgan fingerprint density at radius 2 is 1.55 bits per heavy atom. The Balaban J connectivity index is 2.16. The standard InChI is InChI=1S/C16H8F4O2/c17-11-4-1-9(2-5-11)10-3-6-12-14(7-10)22-8-13(15(12)21)16(18,19)20/h1-8H. The molecule has 2 nitrogen and oxygen atoms in total. The molecule has 0 aliphatic rings. The highest BCUT2D eigenvalue weighted by Crippen LogP contribution is 2.29. The van der Waals surface area contributed by atoms with Gasteiger partial charge in [0.2, 0.25) is 5.43 Å². The lowest BCUT2D eigenvalue weighted by molar-refractivity contribution is -0.139. The zero-order chi connectivity index (χ0) is 15.9. The lowest BCUT2D eigenvalue weighted by atomic mass is 10.0. The van der Waals surface area contributed by atoms with Crippen LogP contribution in [0.15, 0.2) is 57.9 Å². The van der Waals surface area contributed by atoms with Gasteiger partial charge in [0, 0.05) is 0 Å². The second-order valence-corrected chi connectivity index (χ2v) is 4.69. The van der Waals surface area contributed by atoms with Gasteiger partial charge in [0.25, 0.3) is 0 Å². The van der Waals surface area contributed by atoms with Crippen molar-refractivity contribution in [1.29, 1.82) is 0 Å². The van der Waals surface area contributed by atoms with E-state index < -0.39 is 23.0 Å². The zero-order valence-electron chi connectivity index (χ0n) is 10.9. The molecule has 112 valence electrons. The quantitative estimate of drug-likeness (QED) is 0.614. The van der Waals surface area contributed by atoms with E-state index in [4.69, 9.17) is 4.42 Å². The van der Waals surface area contributed by atoms with Crippen LogP contribution < -0.4 is 5.43 Å². The lowest BCUT2D eigenvalue weighted by Gasteiger charge is -2.07. The first kappa shape index (κ1) is 14.3. The third-order valence-corrected chi connectivity index (χ3v) is 3.26. The van der Waals surface area contributed by atoms with E-state index in [9.17, 15) is 22.4 Å². The van der Waals surface area contributed by atoms with Crippen molar-refractivity contribution < 1.29 is 22.0 Å². The molecule has 6 heteroatoms. The van der Waals surface area contributed by atoms with E-state index in [0.717, 1.165) is 0 Å². The Morgan fingerprint density at radius 1 is 0.909 bits per heavy atom. The highest BCUT2D eigenvalue weighted by Gasteiger charge is 2.35. The average Bonchev–Trinajstić information content (AvgIpc) is 2.46. The van der Waals surface area contributed by atoms with Crippen LogP contribution in [0.1, 0.15) is 5.56 Å². The van der Waals surface area contributed by atoms with Gasteiger partial charge in [-0.3, -0.25) is 4.79 Å². The van der Waals surface area contributed by atoms with Crippen LogP contribution in [-0.4, -0.2) is 0 Å². The fraction of sp³-hybridized carbons (Fsp3) is 0.0625. The predicted molar refractivity (Wildman–Crippen MR) is 72.9 cm³/mol.